The van der Waals surface area contributed by atoms with Gasteiger partial charge in [-0.05, 0) is 60.0 Å². The highest BCUT2D eigenvalue weighted by Gasteiger charge is 2.15. The fourth-order valence-corrected chi connectivity index (χ4v) is 3.63. The molecule has 28 heavy (non-hydrogen) atoms. The first-order chi connectivity index (χ1) is 13.9. The minimum absolute atomic E-state index is 0.878. The summed E-state index contributed by atoms with van der Waals surface area (Å²) < 4.78 is 5.53. The van der Waals surface area contributed by atoms with Crippen LogP contribution in [0.1, 0.15) is 0 Å². The molecule has 0 bridgehead atoms. The summed E-state index contributed by atoms with van der Waals surface area (Å²) in [6, 6.07) is 37.8. The van der Waals surface area contributed by atoms with E-state index in [2.05, 4.69) is 95.9 Å². The van der Waals surface area contributed by atoms with Crippen LogP contribution >= 0.6 is 0 Å². The Morgan fingerprint density at radius 1 is 0.536 bits per heavy atom. The number of nitrogens with zero attached hydrogens (tertiary/aromatic N) is 1. The number of hydrogen-bond donors (Lipinski definition) is 0. The number of furan rings is 1. The highest BCUT2D eigenvalue weighted by atomic mass is 16.3. The molecule has 0 aliphatic heterocycles. The van der Waals surface area contributed by atoms with Gasteiger partial charge in [-0.2, -0.15) is 0 Å². The topological polar surface area (TPSA) is 16.4 Å². The van der Waals surface area contributed by atoms with Gasteiger partial charge in [-0.3, -0.25) is 0 Å². The minimum Gasteiger partial charge on any atom is -0.464 e. The molecular formula is C26H19NO. The Balaban J connectivity index is 1.67. The van der Waals surface area contributed by atoms with Crippen molar-refractivity contribution < 1.29 is 4.42 Å². The smallest absolute Gasteiger partial charge is 0.133 e. The van der Waals surface area contributed by atoms with Crippen LogP contribution in [0.4, 0.5) is 17.1 Å². The lowest BCUT2D eigenvalue weighted by molar-refractivity contribution is 0.582. The third-order valence-electron chi connectivity index (χ3n) is 4.95. The molecule has 5 aromatic rings. The first kappa shape index (κ1) is 16.4. The molecule has 0 atom stereocenters. The Hall–Kier alpha value is -3.78. The predicted molar refractivity (Wildman–Crippen MR) is 116 cm³/mol. The van der Waals surface area contributed by atoms with Gasteiger partial charge in [0.25, 0.3) is 0 Å². The van der Waals surface area contributed by atoms with E-state index in [1.165, 1.54) is 10.8 Å². The van der Waals surface area contributed by atoms with Gasteiger partial charge < -0.3 is 9.32 Å². The van der Waals surface area contributed by atoms with Crippen molar-refractivity contribution in [3.8, 4) is 11.3 Å². The van der Waals surface area contributed by atoms with Gasteiger partial charge in [0.1, 0.15) is 5.76 Å². The monoisotopic (exact) mass is 361 g/mol. The highest BCUT2D eigenvalue weighted by Crippen LogP contribution is 2.39. The number of benzene rings is 4. The average molecular weight is 361 g/mol. The maximum atomic E-state index is 5.53. The van der Waals surface area contributed by atoms with E-state index in [1.807, 2.05) is 18.2 Å². The molecule has 5 rings (SSSR count). The van der Waals surface area contributed by atoms with Crippen LogP contribution in [0.3, 0.4) is 0 Å². The average Bonchev–Trinajstić information content (AvgIpc) is 3.30. The Kier molecular flexibility index (Phi) is 4.15. The molecule has 0 aliphatic rings. The second kappa shape index (κ2) is 7.09. The lowest BCUT2D eigenvalue weighted by Gasteiger charge is -2.27. The van der Waals surface area contributed by atoms with Crippen molar-refractivity contribution >= 4 is 27.8 Å². The molecule has 1 heterocycles. The van der Waals surface area contributed by atoms with Crippen LogP contribution in [0, 0.1) is 0 Å². The number of hydrogen-bond acceptors (Lipinski definition) is 2. The zero-order chi connectivity index (χ0) is 18.8. The molecule has 0 fully saturated rings. The Labute approximate surface area is 164 Å². The lowest BCUT2D eigenvalue weighted by atomic mass is 10.1. The molecular weight excluding hydrogens is 342 g/mol. The fourth-order valence-electron chi connectivity index (χ4n) is 3.63. The van der Waals surface area contributed by atoms with E-state index >= 15 is 0 Å². The van der Waals surface area contributed by atoms with Gasteiger partial charge in [0.2, 0.25) is 0 Å². The van der Waals surface area contributed by atoms with Crippen LogP contribution in [0.2, 0.25) is 0 Å². The Bertz CT molecular complexity index is 1190. The van der Waals surface area contributed by atoms with E-state index < -0.39 is 0 Å². The van der Waals surface area contributed by atoms with Gasteiger partial charge in [-0.15, -0.1) is 0 Å². The van der Waals surface area contributed by atoms with Crippen LogP contribution in [-0.4, -0.2) is 0 Å². The van der Waals surface area contributed by atoms with Gasteiger partial charge in [0.15, 0.2) is 0 Å². The molecule has 134 valence electrons. The maximum Gasteiger partial charge on any atom is 0.133 e. The van der Waals surface area contributed by atoms with Crippen LogP contribution in [-0.2, 0) is 0 Å². The van der Waals surface area contributed by atoms with E-state index in [9.17, 15) is 0 Å². The first-order valence-corrected chi connectivity index (χ1v) is 9.37. The van der Waals surface area contributed by atoms with Crippen LogP contribution in [0.5, 0.6) is 0 Å². The Morgan fingerprint density at radius 3 is 2.04 bits per heavy atom. The van der Waals surface area contributed by atoms with E-state index in [0.717, 1.165) is 28.4 Å². The van der Waals surface area contributed by atoms with Crippen molar-refractivity contribution in [2.45, 2.75) is 0 Å². The molecule has 0 unspecified atom stereocenters. The summed E-state index contributed by atoms with van der Waals surface area (Å²) >= 11 is 0. The zero-order valence-corrected chi connectivity index (χ0v) is 15.3. The minimum atomic E-state index is 0.878. The molecule has 0 aliphatic carbocycles. The summed E-state index contributed by atoms with van der Waals surface area (Å²) in [5.41, 5.74) is 4.47. The zero-order valence-electron chi connectivity index (χ0n) is 15.3. The molecule has 0 saturated carbocycles. The normalized spacial score (nSPS) is 10.9. The summed E-state index contributed by atoms with van der Waals surface area (Å²) in [6.07, 6.45) is 1.70. The van der Waals surface area contributed by atoms with Gasteiger partial charge in [0, 0.05) is 22.3 Å². The first-order valence-electron chi connectivity index (χ1n) is 9.37. The van der Waals surface area contributed by atoms with Crippen LogP contribution in [0.25, 0.3) is 22.1 Å². The fraction of sp³-hybridized carbons (Fsp3) is 0. The van der Waals surface area contributed by atoms with Gasteiger partial charge >= 0.3 is 0 Å². The second-order valence-corrected chi connectivity index (χ2v) is 6.69. The molecule has 0 spiro atoms. The van der Waals surface area contributed by atoms with Crippen molar-refractivity contribution in [3.05, 3.63) is 115 Å². The largest absolute Gasteiger partial charge is 0.464 e. The number of rotatable bonds is 4. The number of para-hydroxylation sites is 1. The van der Waals surface area contributed by atoms with Crippen molar-refractivity contribution in [2.75, 3.05) is 4.90 Å². The summed E-state index contributed by atoms with van der Waals surface area (Å²) in [5.74, 6) is 0.878. The van der Waals surface area contributed by atoms with Gasteiger partial charge in [-0.1, -0.05) is 54.6 Å². The molecule has 0 saturated heterocycles. The second-order valence-electron chi connectivity index (χ2n) is 6.69. The van der Waals surface area contributed by atoms with E-state index in [0.29, 0.717) is 0 Å². The third-order valence-corrected chi connectivity index (χ3v) is 4.95. The molecule has 2 nitrogen and oxygen atoms in total. The summed E-state index contributed by atoms with van der Waals surface area (Å²) in [4.78, 5) is 2.30. The molecule has 0 radical (unpaired) electrons. The van der Waals surface area contributed by atoms with Gasteiger partial charge in [0.05, 0.1) is 12.0 Å². The molecule has 2 heteroatoms. The standard InChI is InChI=1S/C26H19NO/c1-2-10-22(11-3-1)27(25-13-6-9-20-8-4-5-12-24(20)25)23-17-15-21(16-18-23)26-14-7-19-28-26/h1-19H. The van der Waals surface area contributed by atoms with E-state index in [-0.39, 0.29) is 0 Å². The van der Waals surface area contributed by atoms with Crippen LogP contribution in [0.15, 0.2) is 120 Å². The Morgan fingerprint density at radius 2 is 1.25 bits per heavy atom. The third kappa shape index (κ3) is 2.95. The molecule has 0 N–H and O–H groups in total. The highest BCUT2D eigenvalue weighted by molar-refractivity contribution is 5.98. The van der Waals surface area contributed by atoms with Crippen molar-refractivity contribution in [1.29, 1.82) is 0 Å². The number of anilines is 3. The molecule has 0 amide bonds. The van der Waals surface area contributed by atoms with Crippen LogP contribution < -0.4 is 4.90 Å². The predicted octanol–water partition coefficient (Wildman–Crippen LogP) is 7.57. The van der Waals surface area contributed by atoms with Crippen molar-refractivity contribution in [2.24, 2.45) is 0 Å². The van der Waals surface area contributed by atoms with Crippen molar-refractivity contribution in [3.63, 3.8) is 0 Å². The van der Waals surface area contributed by atoms with Gasteiger partial charge in [-0.25, -0.2) is 0 Å². The lowest BCUT2D eigenvalue weighted by Crippen LogP contribution is -2.10. The summed E-state index contributed by atoms with van der Waals surface area (Å²) in [5, 5.41) is 2.46. The summed E-state index contributed by atoms with van der Waals surface area (Å²) in [7, 11) is 0. The van der Waals surface area contributed by atoms with Crippen molar-refractivity contribution in [1.82, 2.24) is 0 Å². The number of fused-ring (bicyclic) bond motifs is 1. The summed E-state index contributed by atoms with van der Waals surface area (Å²) in [6.45, 7) is 0. The quantitative estimate of drug-likeness (QED) is 0.328. The van der Waals surface area contributed by atoms with E-state index in [4.69, 9.17) is 4.42 Å². The maximum absolute atomic E-state index is 5.53. The molecule has 1 aromatic heterocycles. The SMILES string of the molecule is c1ccc(N(c2ccc(-c3ccco3)cc2)c2cccc3ccccc23)cc1. The molecule has 4 aromatic carbocycles. The van der Waals surface area contributed by atoms with E-state index in [1.54, 1.807) is 6.26 Å².